The molecule has 31 heavy (non-hydrogen) atoms. The second-order valence-electron chi connectivity index (χ2n) is 8.80. The van der Waals surface area contributed by atoms with Gasteiger partial charge in [-0.15, -0.1) is 0 Å². The van der Waals surface area contributed by atoms with Crippen LogP contribution in [0.5, 0.6) is 0 Å². The Labute approximate surface area is 182 Å². The maximum atomic E-state index is 13.2. The molecule has 0 bridgehead atoms. The number of benzene rings is 1. The third kappa shape index (κ3) is 4.84. The number of quaternary nitrogens is 1. The lowest BCUT2D eigenvalue weighted by Crippen LogP contribution is -2.46. The molecule has 9 nitrogen and oxygen atoms in total. The highest BCUT2D eigenvalue weighted by atomic mass is 16.2. The van der Waals surface area contributed by atoms with Crippen LogP contribution in [0.3, 0.4) is 0 Å². The third-order valence-electron chi connectivity index (χ3n) is 5.94. The number of rotatable bonds is 9. The zero-order chi connectivity index (χ0) is 22.8. The average molecular weight is 429 g/mol. The van der Waals surface area contributed by atoms with E-state index >= 15 is 0 Å². The monoisotopic (exact) mass is 428 g/mol. The van der Waals surface area contributed by atoms with Crippen LogP contribution in [0.1, 0.15) is 11.1 Å². The van der Waals surface area contributed by atoms with E-state index in [1.165, 1.54) is 0 Å². The molecule has 2 aliphatic rings. The van der Waals surface area contributed by atoms with Gasteiger partial charge in [-0.05, 0) is 51.2 Å². The van der Waals surface area contributed by atoms with E-state index in [-0.39, 0.29) is 17.8 Å². The van der Waals surface area contributed by atoms with Gasteiger partial charge in [-0.1, -0.05) is 0 Å². The summed E-state index contributed by atoms with van der Waals surface area (Å²) in [6.45, 7) is 8.18. The lowest BCUT2D eigenvalue weighted by atomic mass is 10.1. The fourth-order valence-corrected chi connectivity index (χ4v) is 3.67. The Balaban J connectivity index is 2.22. The summed E-state index contributed by atoms with van der Waals surface area (Å²) in [6.07, 6.45) is 0. The Morgan fingerprint density at radius 1 is 0.903 bits per heavy atom. The molecule has 1 aromatic carbocycles. The van der Waals surface area contributed by atoms with Crippen LogP contribution >= 0.6 is 0 Å². The van der Waals surface area contributed by atoms with Crippen molar-refractivity contribution in [2.75, 3.05) is 54.4 Å². The number of aryl methyl sites for hydroxylation is 2. The lowest BCUT2D eigenvalue weighted by molar-refractivity contribution is -0.889. The first-order chi connectivity index (χ1) is 14.7. The van der Waals surface area contributed by atoms with Crippen LogP contribution < -0.4 is 21.9 Å². The predicted molar refractivity (Wildman–Crippen MR) is 124 cm³/mol. The molecule has 0 spiro atoms. The van der Waals surface area contributed by atoms with E-state index in [4.69, 9.17) is 0 Å². The summed E-state index contributed by atoms with van der Waals surface area (Å²) in [6, 6.07) is 4.08. The maximum Gasteiger partial charge on any atom is 0.352 e. The van der Waals surface area contributed by atoms with Crippen LogP contribution in [0.25, 0.3) is 22.6 Å². The number of nitrogens with zero attached hydrogens (tertiary/aromatic N) is 5. The van der Waals surface area contributed by atoms with Crippen molar-refractivity contribution < 1.29 is 4.48 Å². The molecule has 2 aliphatic heterocycles. The molecular formula is C22H34N7O2+. The summed E-state index contributed by atoms with van der Waals surface area (Å²) < 4.78 is 3.96. The summed E-state index contributed by atoms with van der Waals surface area (Å²) in [7, 11) is 8.08. The Kier molecular flexibility index (Phi) is 6.88. The first-order valence-corrected chi connectivity index (χ1v) is 10.7. The Morgan fingerprint density at radius 2 is 1.58 bits per heavy atom. The maximum absolute atomic E-state index is 13.2. The molecule has 2 N–H and O–H groups in total. The number of likely N-dealkylation sites (N-methyl/N-ethyl adjacent to an activating group) is 3. The van der Waals surface area contributed by atoms with E-state index in [2.05, 4.69) is 47.7 Å². The van der Waals surface area contributed by atoms with Gasteiger partial charge in [-0.2, -0.15) is 4.98 Å². The minimum atomic E-state index is -0.532. The molecule has 0 aromatic heterocycles. The standard InChI is InChI=1S/C22H34N7O2/c1-15-13-17-18(14-16(15)2)27(10-12-29(5,6)11-8-24-4)20-19(25-17)21(30)28(9-7-23-3)22(31)26-20/h13-14,23-24H,7-12H2,1-6H3/q+1. The molecule has 2 heterocycles. The van der Waals surface area contributed by atoms with E-state index in [1.54, 1.807) is 7.05 Å². The molecule has 0 aliphatic carbocycles. The van der Waals surface area contributed by atoms with Gasteiger partial charge in [0, 0.05) is 19.6 Å². The van der Waals surface area contributed by atoms with Crippen molar-refractivity contribution in [2.24, 2.45) is 0 Å². The predicted octanol–water partition coefficient (Wildman–Crippen LogP) is 0.190. The van der Waals surface area contributed by atoms with E-state index in [0.29, 0.717) is 18.9 Å². The fourth-order valence-electron chi connectivity index (χ4n) is 3.67. The zero-order valence-corrected chi connectivity index (χ0v) is 19.4. The highest BCUT2D eigenvalue weighted by Crippen LogP contribution is 2.24. The topological polar surface area (TPSA) is 93.8 Å². The van der Waals surface area contributed by atoms with Gasteiger partial charge in [0.05, 0.1) is 44.8 Å². The van der Waals surface area contributed by atoms with E-state index < -0.39 is 5.69 Å². The van der Waals surface area contributed by atoms with Crippen molar-refractivity contribution in [1.29, 1.82) is 0 Å². The second-order valence-corrected chi connectivity index (χ2v) is 8.80. The van der Waals surface area contributed by atoms with Gasteiger partial charge in [0.1, 0.15) is 0 Å². The van der Waals surface area contributed by atoms with E-state index in [9.17, 15) is 9.59 Å². The fraction of sp³-hybridized carbons (Fsp3) is 0.545. The van der Waals surface area contributed by atoms with E-state index in [0.717, 1.165) is 50.8 Å². The van der Waals surface area contributed by atoms with Crippen LogP contribution in [0, 0.1) is 13.8 Å². The summed E-state index contributed by atoms with van der Waals surface area (Å²) in [5, 5.41) is 6.17. The van der Waals surface area contributed by atoms with E-state index in [1.807, 2.05) is 24.6 Å². The van der Waals surface area contributed by atoms with Gasteiger partial charge in [0.2, 0.25) is 0 Å². The van der Waals surface area contributed by atoms with Crippen LogP contribution in [0.4, 0.5) is 0 Å². The number of hydrogen-bond donors (Lipinski definition) is 2. The Hall–Kier alpha value is -2.62. The highest BCUT2D eigenvalue weighted by Gasteiger charge is 2.23. The normalized spacial score (nSPS) is 12.2. The minimum absolute atomic E-state index is 0.243. The molecule has 3 rings (SSSR count). The molecule has 0 saturated carbocycles. The molecule has 0 radical (unpaired) electrons. The van der Waals surface area contributed by atoms with Crippen LogP contribution in [-0.4, -0.2) is 78.0 Å². The molecule has 0 saturated heterocycles. The molecule has 1 aromatic rings. The van der Waals surface area contributed by atoms with Crippen molar-refractivity contribution in [3.05, 3.63) is 44.1 Å². The van der Waals surface area contributed by atoms with Gasteiger partial charge >= 0.3 is 5.69 Å². The van der Waals surface area contributed by atoms with Gasteiger partial charge in [-0.3, -0.25) is 9.36 Å². The SMILES string of the molecule is CNCCn1c(=O)nc2n(CC[N+](C)(C)CCNC)c3cc(C)c(C)cc3nc-2c1=O. The van der Waals surface area contributed by atoms with Crippen molar-refractivity contribution in [3.8, 4) is 11.5 Å². The van der Waals surface area contributed by atoms with Crippen molar-refractivity contribution in [1.82, 2.24) is 29.7 Å². The van der Waals surface area contributed by atoms with Crippen molar-refractivity contribution >= 4 is 11.0 Å². The molecule has 0 amide bonds. The highest BCUT2D eigenvalue weighted by molar-refractivity contribution is 5.81. The molecule has 0 atom stereocenters. The summed E-state index contributed by atoms with van der Waals surface area (Å²) in [5.41, 5.74) is 3.21. The summed E-state index contributed by atoms with van der Waals surface area (Å²) >= 11 is 0. The second kappa shape index (κ2) is 9.25. The smallest absolute Gasteiger partial charge is 0.326 e. The first-order valence-electron chi connectivity index (χ1n) is 10.7. The molecular weight excluding hydrogens is 394 g/mol. The van der Waals surface area contributed by atoms with Gasteiger partial charge < -0.3 is 19.7 Å². The van der Waals surface area contributed by atoms with Crippen molar-refractivity contribution in [2.45, 2.75) is 26.9 Å². The van der Waals surface area contributed by atoms with Gasteiger partial charge in [0.15, 0.2) is 11.5 Å². The molecule has 168 valence electrons. The van der Waals surface area contributed by atoms with Crippen LogP contribution in [0.2, 0.25) is 0 Å². The Bertz CT molecular complexity index is 1160. The third-order valence-corrected chi connectivity index (χ3v) is 5.94. The summed E-state index contributed by atoms with van der Waals surface area (Å²) in [5.74, 6) is 0.361. The van der Waals surface area contributed by atoms with Gasteiger partial charge in [-0.25, -0.2) is 9.78 Å². The average Bonchev–Trinajstić information content (AvgIpc) is 2.71. The van der Waals surface area contributed by atoms with Crippen molar-refractivity contribution in [3.63, 3.8) is 0 Å². The van der Waals surface area contributed by atoms with Gasteiger partial charge in [0.25, 0.3) is 5.56 Å². The first kappa shape index (κ1) is 23.1. The minimum Gasteiger partial charge on any atom is -0.326 e. The number of nitrogens with one attached hydrogen (secondary N) is 2. The quantitative estimate of drug-likeness (QED) is 0.373. The lowest BCUT2D eigenvalue weighted by Gasteiger charge is -2.31. The van der Waals surface area contributed by atoms with Crippen LogP contribution in [-0.2, 0) is 13.1 Å². The number of aromatic nitrogens is 4. The molecule has 0 fully saturated rings. The summed E-state index contributed by atoms with van der Waals surface area (Å²) in [4.78, 5) is 34.8. The number of hydrogen-bond acceptors (Lipinski definition) is 6. The Morgan fingerprint density at radius 3 is 2.26 bits per heavy atom. The largest absolute Gasteiger partial charge is 0.352 e. The molecule has 0 unspecified atom stereocenters. The zero-order valence-electron chi connectivity index (χ0n) is 19.4. The molecule has 9 heteroatoms. The number of fused-ring (bicyclic) bond motifs is 2. The van der Waals surface area contributed by atoms with Crippen LogP contribution in [0.15, 0.2) is 21.7 Å².